The molecule has 1 heterocycles. The molecule has 1 aliphatic heterocycles. The Balaban J connectivity index is 2.88. The van der Waals surface area contributed by atoms with Gasteiger partial charge in [0.15, 0.2) is 0 Å². The Morgan fingerprint density at radius 2 is 1.94 bits per heavy atom. The first-order valence-electron chi connectivity index (χ1n) is 6.19. The van der Waals surface area contributed by atoms with Crippen molar-refractivity contribution in [3.8, 4) is 0 Å². The first kappa shape index (κ1) is 14.5. The van der Waals surface area contributed by atoms with Crippen LogP contribution in [0.5, 0.6) is 0 Å². The van der Waals surface area contributed by atoms with E-state index in [2.05, 4.69) is 0 Å². The second-order valence-corrected chi connectivity index (χ2v) is 6.12. The summed E-state index contributed by atoms with van der Waals surface area (Å²) in [6.45, 7) is 9.20. The molecule has 1 aliphatic rings. The number of carboxylic acid groups (broad SMARTS) is 1. The van der Waals surface area contributed by atoms with E-state index in [-0.39, 0.29) is 5.92 Å². The summed E-state index contributed by atoms with van der Waals surface area (Å²) < 4.78 is 5.89. The molecule has 0 aromatic carbocycles. The number of carbonyl (C=O) groups excluding carboxylic acids is 1. The maximum absolute atomic E-state index is 11.0. The van der Waals surface area contributed by atoms with E-state index in [1.807, 2.05) is 20.8 Å². The van der Waals surface area contributed by atoms with Crippen molar-refractivity contribution in [2.45, 2.75) is 64.8 Å². The summed E-state index contributed by atoms with van der Waals surface area (Å²) in [5, 5.41) is 21.2. The number of aliphatic hydroxyl groups excluding tert-OH is 1. The highest BCUT2D eigenvalue weighted by Crippen LogP contribution is 2.42. The highest BCUT2D eigenvalue weighted by molar-refractivity contribution is 5.69. The molecule has 0 aromatic heterocycles. The van der Waals surface area contributed by atoms with Crippen LogP contribution in [-0.4, -0.2) is 28.4 Å². The van der Waals surface area contributed by atoms with Crippen LogP contribution in [0, 0.1) is 11.8 Å². The van der Waals surface area contributed by atoms with Crippen molar-refractivity contribution in [2.75, 3.05) is 0 Å². The third-order valence-corrected chi connectivity index (χ3v) is 3.81. The van der Waals surface area contributed by atoms with Crippen LogP contribution in [0.15, 0.2) is 0 Å². The molecule has 4 heteroatoms. The molecule has 1 fully saturated rings. The second-order valence-electron chi connectivity index (χ2n) is 6.12. The second kappa shape index (κ2) is 4.58. The molecule has 1 N–H and O–H groups in total. The molecular weight excluding hydrogens is 220 g/mol. The van der Waals surface area contributed by atoms with Gasteiger partial charge < -0.3 is 19.7 Å². The zero-order chi connectivity index (χ0) is 13.4. The van der Waals surface area contributed by atoms with Crippen molar-refractivity contribution in [3.63, 3.8) is 0 Å². The van der Waals surface area contributed by atoms with Gasteiger partial charge in [-0.3, -0.25) is 0 Å². The number of hydrogen-bond donors (Lipinski definition) is 1. The van der Waals surface area contributed by atoms with E-state index >= 15 is 0 Å². The summed E-state index contributed by atoms with van der Waals surface area (Å²) in [5.74, 6) is -1.61. The number of carbonyl (C=O) groups is 1. The zero-order valence-electron chi connectivity index (χ0n) is 11.3. The standard InChI is InChI=1S/C13H24O4/c1-8(2)10(14)13(5)7-6-9(11(15)16)12(3,4)17-13/h8-10,14H,6-7H2,1-5H3,(H,15,16)/p-1/t9-,10-,13-/m1/s1. The summed E-state index contributed by atoms with van der Waals surface area (Å²) >= 11 is 0. The van der Waals surface area contributed by atoms with Crippen molar-refractivity contribution in [3.05, 3.63) is 0 Å². The van der Waals surface area contributed by atoms with Crippen molar-refractivity contribution >= 4 is 5.97 Å². The largest absolute Gasteiger partial charge is 0.550 e. The molecule has 4 nitrogen and oxygen atoms in total. The van der Waals surface area contributed by atoms with Crippen LogP contribution in [-0.2, 0) is 9.53 Å². The van der Waals surface area contributed by atoms with Crippen molar-refractivity contribution in [2.24, 2.45) is 11.8 Å². The number of carboxylic acids is 1. The van der Waals surface area contributed by atoms with Gasteiger partial charge in [-0.2, -0.15) is 0 Å². The Labute approximate surface area is 103 Å². The van der Waals surface area contributed by atoms with E-state index in [0.717, 1.165) is 0 Å². The number of aliphatic carboxylic acids is 1. The van der Waals surface area contributed by atoms with Crippen LogP contribution in [0.3, 0.4) is 0 Å². The van der Waals surface area contributed by atoms with Crippen LogP contribution < -0.4 is 5.11 Å². The van der Waals surface area contributed by atoms with Gasteiger partial charge in [-0.25, -0.2) is 0 Å². The molecule has 0 unspecified atom stereocenters. The van der Waals surface area contributed by atoms with Crippen molar-refractivity contribution in [1.82, 2.24) is 0 Å². The third-order valence-electron chi connectivity index (χ3n) is 3.81. The maximum atomic E-state index is 11.0. The Hall–Kier alpha value is -0.610. The fraction of sp³-hybridized carbons (Fsp3) is 0.923. The number of rotatable bonds is 3. The molecule has 0 spiro atoms. The van der Waals surface area contributed by atoms with Crippen LogP contribution in [0.25, 0.3) is 0 Å². The number of aliphatic hydroxyl groups is 1. The quantitative estimate of drug-likeness (QED) is 0.793. The number of ether oxygens (including phenoxy) is 1. The average Bonchev–Trinajstić information content (AvgIpc) is 2.13. The van der Waals surface area contributed by atoms with Gasteiger partial charge in [0.25, 0.3) is 0 Å². The fourth-order valence-corrected chi connectivity index (χ4v) is 2.82. The average molecular weight is 243 g/mol. The zero-order valence-corrected chi connectivity index (χ0v) is 11.3. The Morgan fingerprint density at radius 1 is 1.41 bits per heavy atom. The lowest BCUT2D eigenvalue weighted by atomic mass is 9.75. The lowest BCUT2D eigenvalue weighted by Crippen LogP contribution is -2.59. The van der Waals surface area contributed by atoms with E-state index < -0.39 is 29.2 Å². The normalized spacial score (nSPS) is 34.6. The van der Waals surface area contributed by atoms with Crippen LogP contribution in [0.2, 0.25) is 0 Å². The minimum Gasteiger partial charge on any atom is -0.550 e. The Morgan fingerprint density at radius 3 is 2.29 bits per heavy atom. The Kier molecular flexibility index (Phi) is 3.89. The van der Waals surface area contributed by atoms with Gasteiger partial charge in [-0.15, -0.1) is 0 Å². The van der Waals surface area contributed by atoms with Gasteiger partial charge >= 0.3 is 0 Å². The van der Waals surface area contributed by atoms with Crippen molar-refractivity contribution in [1.29, 1.82) is 0 Å². The first-order chi connectivity index (χ1) is 7.60. The highest BCUT2D eigenvalue weighted by atomic mass is 16.5. The van der Waals surface area contributed by atoms with E-state index in [0.29, 0.717) is 12.8 Å². The molecule has 0 radical (unpaired) electrons. The van der Waals surface area contributed by atoms with Gasteiger partial charge in [0.05, 0.1) is 17.3 Å². The van der Waals surface area contributed by atoms with Gasteiger partial charge in [0.2, 0.25) is 0 Å². The molecule has 0 aliphatic carbocycles. The SMILES string of the molecule is CC(C)[C@@H](O)[C@@]1(C)CC[C@H](C(=O)[O-])C(C)(C)O1. The van der Waals surface area contributed by atoms with Crippen LogP contribution in [0.4, 0.5) is 0 Å². The number of hydrogen-bond acceptors (Lipinski definition) is 4. The van der Waals surface area contributed by atoms with Gasteiger partial charge in [0, 0.05) is 11.9 Å². The molecule has 0 aromatic rings. The fourth-order valence-electron chi connectivity index (χ4n) is 2.82. The van der Waals surface area contributed by atoms with Crippen LogP contribution in [0.1, 0.15) is 47.5 Å². The molecule has 1 rings (SSSR count). The Bertz CT molecular complexity index is 298. The topological polar surface area (TPSA) is 69.6 Å². The molecule has 0 bridgehead atoms. The van der Waals surface area contributed by atoms with E-state index in [1.165, 1.54) is 0 Å². The predicted octanol–water partition coefficient (Wildman–Crippen LogP) is 0.717. The van der Waals surface area contributed by atoms with E-state index in [9.17, 15) is 15.0 Å². The maximum Gasteiger partial charge on any atom is 0.0922 e. The first-order valence-corrected chi connectivity index (χ1v) is 6.19. The molecular formula is C13H23O4-. The molecule has 1 saturated heterocycles. The summed E-state index contributed by atoms with van der Waals surface area (Å²) in [6, 6.07) is 0. The monoisotopic (exact) mass is 243 g/mol. The molecule has 17 heavy (non-hydrogen) atoms. The van der Waals surface area contributed by atoms with Gasteiger partial charge in [0.1, 0.15) is 0 Å². The lowest BCUT2D eigenvalue weighted by Gasteiger charge is -2.51. The predicted molar refractivity (Wildman–Crippen MR) is 62.1 cm³/mol. The molecule has 100 valence electrons. The van der Waals surface area contributed by atoms with Gasteiger partial charge in [-0.1, -0.05) is 13.8 Å². The lowest BCUT2D eigenvalue weighted by molar-refractivity contribution is -0.327. The smallest absolute Gasteiger partial charge is 0.0922 e. The minimum atomic E-state index is -1.07. The van der Waals surface area contributed by atoms with Crippen LogP contribution >= 0.6 is 0 Å². The summed E-state index contributed by atoms with van der Waals surface area (Å²) in [6.07, 6.45) is 0.425. The molecule has 3 atom stereocenters. The van der Waals surface area contributed by atoms with Gasteiger partial charge in [-0.05, 0) is 39.5 Å². The summed E-state index contributed by atoms with van der Waals surface area (Å²) in [4.78, 5) is 11.0. The van der Waals surface area contributed by atoms with Crippen molar-refractivity contribution < 1.29 is 19.7 Å². The summed E-state index contributed by atoms with van der Waals surface area (Å²) in [7, 11) is 0. The molecule has 0 amide bonds. The minimum absolute atomic E-state index is 0.0790. The van der Waals surface area contributed by atoms with E-state index in [4.69, 9.17) is 4.74 Å². The third kappa shape index (κ3) is 2.80. The summed E-state index contributed by atoms with van der Waals surface area (Å²) in [5.41, 5.74) is -1.48. The molecule has 0 saturated carbocycles. The van der Waals surface area contributed by atoms with E-state index in [1.54, 1.807) is 13.8 Å². The highest BCUT2D eigenvalue weighted by Gasteiger charge is 2.48.